The number of fused-ring (bicyclic) bond motifs is 1. The summed E-state index contributed by atoms with van der Waals surface area (Å²) < 4.78 is 48.4. The summed E-state index contributed by atoms with van der Waals surface area (Å²) in [5, 5.41) is 0. The van der Waals surface area contributed by atoms with Crippen molar-refractivity contribution >= 4 is 5.78 Å². The fourth-order valence-electron chi connectivity index (χ4n) is 2.43. The van der Waals surface area contributed by atoms with Crippen LogP contribution in [0.4, 0.5) is 13.2 Å². The first-order valence-electron chi connectivity index (χ1n) is 6.98. The van der Waals surface area contributed by atoms with Crippen molar-refractivity contribution in [3.63, 3.8) is 0 Å². The highest BCUT2D eigenvalue weighted by Gasteiger charge is 2.30. The van der Waals surface area contributed by atoms with Crippen LogP contribution in [-0.4, -0.2) is 12.6 Å². The Bertz CT molecular complexity index is 738. The molecule has 0 amide bonds. The summed E-state index contributed by atoms with van der Waals surface area (Å²) in [6.07, 6.45) is -4.32. The average Bonchev–Trinajstić information content (AvgIpc) is 2.94. The molecule has 0 spiro atoms. The van der Waals surface area contributed by atoms with Gasteiger partial charge in [-0.1, -0.05) is 24.3 Å². The van der Waals surface area contributed by atoms with Gasteiger partial charge in [-0.15, -0.1) is 0 Å². The largest absolute Gasteiger partial charge is 0.454 e. The zero-order chi connectivity index (χ0) is 16.4. The predicted molar refractivity (Wildman–Crippen MR) is 76.4 cm³/mol. The number of hydrogen-bond acceptors (Lipinski definition) is 3. The molecule has 1 aliphatic heterocycles. The number of rotatable bonds is 4. The first-order valence-corrected chi connectivity index (χ1v) is 6.98. The molecule has 3 nitrogen and oxygen atoms in total. The van der Waals surface area contributed by atoms with Gasteiger partial charge < -0.3 is 9.47 Å². The Balaban J connectivity index is 1.68. The molecule has 1 aliphatic rings. The van der Waals surface area contributed by atoms with E-state index in [0.29, 0.717) is 17.1 Å². The van der Waals surface area contributed by atoms with Crippen LogP contribution in [-0.2, 0) is 23.8 Å². The van der Waals surface area contributed by atoms with E-state index in [-0.39, 0.29) is 25.4 Å². The molecular formula is C17H13F3O3. The van der Waals surface area contributed by atoms with Crippen LogP contribution in [0.25, 0.3) is 0 Å². The van der Waals surface area contributed by atoms with Crippen LogP contribution in [0.3, 0.4) is 0 Å². The van der Waals surface area contributed by atoms with Crippen LogP contribution in [0.15, 0.2) is 42.5 Å². The standard InChI is InChI=1S/C17H13F3O3/c18-17(19,20)13-3-1-2-11(6-13)7-14(21)8-12-4-5-15-16(9-12)23-10-22-15/h1-6,9H,7-8,10H2. The molecule has 0 fully saturated rings. The molecule has 0 unspecified atom stereocenters. The smallest absolute Gasteiger partial charge is 0.416 e. The zero-order valence-corrected chi connectivity index (χ0v) is 12.0. The van der Waals surface area contributed by atoms with Gasteiger partial charge in [-0.25, -0.2) is 0 Å². The number of ketones is 1. The van der Waals surface area contributed by atoms with Crippen LogP contribution in [0.5, 0.6) is 11.5 Å². The minimum atomic E-state index is -4.41. The summed E-state index contributed by atoms with van der Waals surface area (Å²) >= 11 is 0. The van der Waals surface area contributed by atoms with Crippen LogP contribution in [0, 0.1) is 0 Å². The van der Waals surface area contributed by atoms with Gasteiger partial charge in [0.1, 0.15) is 5.78 Å². The van der Waals surface area contributed by atoms with E-state index in [0.717, 1.165) is 17.7 Å². The molecule has 0 bridgehead atoms. The lowest BCUT2D eigenvalue weighted by molar-refractivity contribution is -0.137. The molecule has 0 saturated carbocycles. The van der Waals surface area contributed by atoms with Gasteiger partial charge >= 0.3 is 6.18 Å². The molecule has 0 atom stereocenters. The highest BCUT2D eigenvalue weighted by atomic mass is 19.4. The number of benzene rings is 2. The maximum absolute atomic E-state index is 12.7. The van der Waals surface area contributed by atoms with Crippen molar-refractivity contribution in [2.75, 3.05) is 6.79 Å². The van der Waals surface area contributed by atoms with Crippen molar-refractivity contribution in [1.82, 2.24) is 0 Å². The lowest BCUT2D eigenvalue weighted by Gasteiger charge is -2.08. The number of ether oxygens (including phenoxy) is 2. The minimum Gasteiger partial charge on any atom is -0.454 e. The topological polar surface area (TPSA) is 35.5 Å². The molecule has 0 N–H and O–H groups in total. The summed E-state index contributed by atoms with van der Waals surface area (Å²) in [5.74, 6) is 1.04. The van der Waals surface area contributed by atoms with E-state index in [1.807, 2.05) is 0 Å². The summed E-state index contributed by atoms with van der Waals surface area (Å²) in [5.41, 5.74) is 0.350. The average molecular weight is 322 g/mol. The third-order valence-corrected chi connectivity index (χ3v) is 3.49. The fourth-order valence-corrected chi connectivity index (χ4v) is 2.43. The summed E-state index contributed by atoms with van der Waals surface area (Å²) in [7, 11) is 0. The van der Waals surface area contributed by atoms with Crippen molar-refractivity contribution in [3.8, 4) is 11.5 Å². The van der Waals surface area contributed by atoms with E-state index in [1.54, 1.807) is 18.2 Å². The monoisotopic (exact) mass is 322 g/mol. The molecule has 6 heteroatoms. The molecule has 3 rings (SSSR count). The Hall–Kier alpha value is -2.50. The van der Waals surface area contributed by atoms with Gasteiger partial charge in [-0.2, -0.15) is 13.2 Å². The quantitative estimate of drug-likeness (QED) is 0.859. The highest BCUT2D eigenvalue weighted by molar-refractivity contribution is 5.83. The van der Waals surface area contributed by atoms with E-state index in [9.17, 15) is 18.0 Å². The van der Waals surface area contributed by atoms with Gasteiger partial charge in [-0.3, -0.25) is 4.79 Å². The third kappa shape index (κ3) is 3.64. The zero-order valence-electron chi connectivity index (χ0n) is 12.0. The molecule has 0 saturated heterocycles. The lowest BCUT2D eigenvalue weighted by Crippen LogP contribution is -2.09. The molecule has 0 radical (unpaired) electrons. The second-order valence-corrected chi connectivity index (χ2v) is 5.28. The van der Waals surface area contributed by atoms with E-state index in [1.165, 1.54) is 12.1 Å². The van der Waals surface area contributed by atoms with Crippen molar-refractivity contribution < 1.29 is 27.4 Å². The minimum absolute atomic E-state index is 0.0433. The normalized spacial score (nSPS) is 13.2. The lowest BCUT2D eigenvalue weighted by atomic mass is 10.0. The van der Waals surface area contributed by atoms with E-state index in [2.05, 4.69) is 0 Å². The molecule has 1 heterocycles. The van der Waals surface area contributed by atoms with Crippen LogP contribution in [0.2, 0.25) is 0 Å². The summed E-state index contributed by atoms with van der Waals surface area (Å²) in [6.45, 7) is 0.150. The number of carbonyl (C=O) groups is 1. The maximum Gasteiger partial charge on any atom is 0.416 e. The van der Waals surface area contributed by atoms with E-state index < -0.39 is 11.7 Å². The predicted octanol–water partition coefficient (Wildman–Crippen LogP) is 3.79. The number of halogens is 3. The summed E-state index contributed by atoms with van der Waals surface area (Å²) in [4.78, 5) is 12.1. The third-order valence-electron chi connectivity index (χ3n) is 3.49. The fraction of sp³-hybridized carbons (Fsp3) is 0.235. The van der Waals surface area contributed by atoms with E-state index >= 15 is 0 Å². The Morgan fingerprint density at radius 2 is 1.65 bits per heavy atom. The van der Waals surface area contributed by atoms with Gasteiger partial charge in [0.25, 0.3) is 0 Å². The van der Waals surface area contributed by atoms with E-state index in [4.69, 9.17) is 9.47 Å². The van der Waals surface area contributed by atoms with Crippen molar-refractivity contribution in [2.45, 2.75) is 19.0 Å². The first kappa shape index (κ1) is 15.4. The number of hydrogen-bond donors (Lipinski definition) is 0. The van der Waals surface area contributed by atoms with Crippen molar-refractivity contribution in [2.24, 2.45) is 0 Å². The Morgan fingerprint density at radius 1 is 0.957 bits per heavy atom. The molecule has 120 valence electrons. The molecule has 23 heavy (non-hydrogen) atoms. The molecule has 2 aromatic carbocycles. The highest BCUT2D eigenvalue weighted by Crippen LogP contribution is 2.33. The number of carbonyl (C=O) groups excluding carboxylic acids is 1. The van der Waals surface area contributed by atoms with Gasteiger partial charge in [0.05, 0.1) is 5.56 Å². The molecule has 0 aliphatic carbocycles. The van der Waals surface area contributed by atoms with Gasteiger partial charge in [0, 0.05) is 12.8 Å². The second kappa shape index (κ2) is 5.95. The molecule has 0 aromatic heterocycles. The molecular weight excluding hydrogens is 309 g/mol. The SMILES string of the molecule is O=C(Cc1cccc(C(F)(F)F)c1)Cc1ccc2c(c1)OCO2. The second-order valence-electron chi connectivity index (χ2n) is 5.28. The van der Waals surface area contributed by atoms with Crippen molar-refractivity contribution in [1.29, 1.82) is 0 Å². The Labute approximate surface area is 130 Å². The van der Waals surface area contributed by atoms with Gasteiger partial charge in [0.2, 0.25) is 6.79 Å². The van der Waals surface area contributed by atoms with Crippen LogP contribution < -0.4 is 9.47 Å². The first-order chi connectivity index (χ1) is 10.9. The van der Waals surface area contributed by atoms with Gasteiger partial charge in [0.15, 0.2) is 11.5 Å². The van der Waals surface area contributed by atoms with Crippen LogP contribution in [0.1, 0.15) is 16.7 Å². The number of alkyl halides is 3. The number of Topliss-reactive ketones (excluding diaryl/α,β-unsaturated/α-hetero) is 1. The Kier molecular flexibility index (Phi) is 3.98. The Morgan fingerprint density at radius 3 is 2.39 bits per heavy atom. The maximum atomic E-state index is 12.7. The van der Waals surface area contributed by atoms with Crippen LogP contribution >= 0.6 is 0 Å². The molecule has 2 aromatic rings. The summed E-state index contributed by atoms with van der Waals surface area (Å²) in [6, 6.07) is 10.0. The van der Waals surface area contributed by atoms with Gasteiger partial charge in [-0.05, 0) is 29.3 Å². The van der Waals surface area contributed by atoms with Crippen molar-refractivity contribution in [3.05, 3.63) is 59.2 Å².